The van der Waals surface area contributed by atoms with E-state index in [2.05, 4.69) is 4.74 Å². The zero-order chi connectivity index (χ0) is 14.3. The number of carbonyl (C=O) groups excluding carboxylic acids is 2. The van der Waals surface area contributed by atoms with Crippen molar-refractivity contribution in [1.82, 2.24) is 0 Å². The van der Waals surface area contributed by atoms with Crippen molar-refractivity contribution >= 4 is 11.8 Å². The van der Waals surface area contributed by atoms with E-state index in [1.807, 2.05) is 0 Å². The molecule has 9 nitrogen and oxygen atoms in total. The Labute approximate surface area is 102 Å². The monoisotopic (exact) mass is 268 g/mol. The minimum atomic E-state index is -2.05. The molecule has 0 heterocycles. The number of aliphatic hydroxyl groups is 6. The molecule has 0 aromatic rings. The highest BCUT2D eigenvalue weighted by molar-refractivity contribution is 5.87. The summed E-state index contributed by atoms with van der Waals surface area (Å²) >= 11 is 0. The quantitative estimate of drug-likeness (QED) is 0.238. The van der Waals surface area contributed by atoms with Gasteiger partial charge in [-0.1, -0.05) is 0 Å². The summed E-state index contributed by atoms with van der Waals surface area (Å²) in [6.45, 7) is -2.71. The van der Waals surface area contributed by atoms with Crippen LogP contribution in [0.1, 0.15) is 0 Å². The van der Waals surface area contributed by atoms with Gasteiger partial charge in [-0.3, -0.25) is 4.79 Å². The van der Waals surface area contributed by atoms with Crippen LogP contribution in [0.4, 0.5) is 0 Å². The van der Waals surface area contributed by atoms with Crippen molar-refractivity contribution in [2.75, 3.05) is 19.8 Å². The summed E-state index contributed by atoms with van der Waals surface area (Å²) in [5.74, 6) is -2.40. The summed E-state index contributed by atoms with van der Waals surface area (Å²) in [5.41, 5.74) is 0. The standard InChI is InChI=1S/C9H16O9/c10-1-4(12)7(15)8(16)6(14)3-18-9(17)5(13)2-11/h4-5,7-8,10-13,15-16H,1-3H2/t4-,5?,7+,8+/m1/s1. The van der Waals surface area contributed by atoms with E-state index in [0.29, 0.717) is 0 Å². The van der Waals surface area contributed by atoms with Crippen LogP contribution in [0.2, 0.25) is 0 Å². The van der Waals surface area contributed by atoms with Crippen LogP contribution in [0.5, 0.6) is 0 Å². The molecule has 0 fully saturated rings. The van der Waals surface area contributed by atoms with Crippen LogP contribution in [0.15, 0.2) is 0 Å². The Morgan fingerprint density at radius 2 is 1.56 bits per heavy atom. The lowest BCUT2D eigenvalue weighted by atomic mass is 10.1. The molecule has 106 valence electrons. The van der Waals surface area contributed by atoms with Crippen LogP contribution in [-0.4, -0.2) is 86.6 Å². The van der Waals surface area contributed by atoms with Crippen molar-refractivity contribution in [3.8, 4) is 0 Å². The van der Waals surface area contributed by atoms with Crippen LogP contribution in [0.3, 0.4) is 0 Å². The molecule has 18 heavy (non-hydrogen) atoms. The summed E-state index contributed by atoms with van der Waals surface area (Å²) < 4.78 is 4.23. The Morgan fingerprint density at radius 3 is 2.00 bits per heavy atom. The first-order valence-corrected chi connectivity index (χ1v) is 4.98. The second-order valence-corrected chi connectivity index (χ2v) is 3.46. The smallest absolute Gasteiger partial charge is 0.337 e. The second-order valence-electron chi connectivity index (χ2n) is 3.46. The number of rotatable bonds is 8. The third-order valence-corrected chi connectivity index (χ3v) is 2.04. The maximum Gasteiger partial charge on any atom is 0.337 e. The van der Waals surface area contributed by atoms with Gasteiger partial charge in [0.25, 0.3) is 0 Å². The molecule has 0 aliphatic rings. The third-order valence-electron chi connectivity index (χ3n) is 2.04. The van der Waals surface area contributed by atoms with E-state index in [1.165, 1.54) is 0 Å². The summed E-state index contributed by atoms with van der Waals surface area (Å²) in [7, 11) is 0. The van der Waals surface area contributed by atoms with E-state index >= 15 is 0 Å². The number of hydrogen-bond donors (Lipinski definition) is 6. The molecule has 0 bridgehead atoms. The lowest BCUT2D eigenvalue weighted by Gasteiger charge is -2.20. The molecule has 0 rings (SSSR count). The van der Waals surface area contributed by atoms with Gasteiger partial charge in [0.2, 0.25) is 5.78 Å². The van der Waals surface area contributed by atoms with E-state index in [4.69, 9.17) is 25.5 Å². The lowest BCUT2D eigenvalue weighted by Crippen LogP contribution is -2.45. The fraction of sp³-hybridized carbons (Fsp3) is 0.778. The van der Waals surface area contributed by atoms with Crippen molar-refractivity contribution < 1.29 is 45.0 Å². The molecular weight excluding hydrogens is 252 g/mol. The van der Waals surface area contributed by atoms with Gasteiger partial charge < -0.3 is 35.4 Å². The van der Waals surface area contributed by atoms with Gasteiger partial charge in [0, 0.05) is 0 Å². The summed E-state index contributed by atoms with van der Waals surface area (Å²) in [4.78, 5) is 22.0. The maximum atomic E-state index is 11.2. The number of aliphatic hydroxyl groups excluding tert-OH is 6. The number of Topliss-reactive ketones (excluding diaryl/α,β-unsaturated/α-hetero) is 1. The minimum absolute atomic E-state index is 0.867. The zero-order valence-corrected chi connectivity index (χ0v) is 9.34. The largest absolute Gasteiger partial charge is 0.456 e. The molecule has 0 saturated heterocycles. The number of hydrogen-bond acceptors (Lipinski definition) is 9. The first-order chi connectivity index (χ1) is 8.34. The van der Waals surface area contributed by atoms with E-state index in [0.717, 1.165) is 0 Å². The van der Waals surface area contributed by atoms with Gasteiger partial charge in [0.15, 0.2) is 12.7 Å². The normalized spacial score (nSPS) is 17.7. The number of ketones is 1. The molecule has 0 aliphatic heterocycles. The van der Waals surface area contributed by atoms with Gasteiger partial charge in [-0.2, -0.15) is 0 Å². The predicted molar refractivity (Wildman–Crippen MR) is 54.2 cm³/mol. The average Bonchev–Trinajstić information content (AvgIpc) is 2.40. The molecule has 1 unspecified atom stereocenters. The third kappa shape index (κ3) is 5.04. The molecule has 0 aromatic heterocycles. The summed E-state index contributed by atoms with van der Waals surface area (Å²) in [5, 5.41) is 53.0. The number of esters is 1. The fourth-order valence-corrected chi connectivity index (χ4v) is 0.907. The van der Waals surface area contributed by atoms with Crippen molar-refractivity contribution in [2.45, 2.75) is 24.4 Å². The fourth-order valence-electron chi connectivity index (χ4n) is 0.907. The highest BCUT2D eigenvalue weighted by Crippen LogP contribution is 2.02. The Kier molecular flexibility index (Phi) is 7.59. The molecule has 0 aliphatic carbocycles. The molecule has 0 aromatic carbocycles. The van der Waals surface area contributed by atoms with E-state index in [-0.39, 0.29) is 0 Å². The molecule has 4 atom stereocenters. The van der Waals surface area contributed by atoms with Crippen LogP contribution in [0, 0.1) is 0 Å². The first-order valence-electron chi connectivity index (χ1n) is 4.98. The van der Waals surface area contributed by atoms with Gasteiger partial charge in [-0.05, 0) is 0 Å². The van der Waals surface area contributed by atoms with Crippen LogP contribution < -0.4 is 0 Å². The zero-order valence-electron chi connectivity index (χ0n) is 9.34. The molecular formula is C9H16O9. The minimum Gasteiger partial charge on any atom is -0.456 e. The van der Waals surface area contributed by atoms with E-state index in [9.17, 15) is 14.7 Å². The molecule has 0 amide bonds. The van der Waals surface area contributed by atoms with Crippen molar-refractivity contribution in [1.29, 1.82) is 0 Å². The Bertz CT molecular complexity index is 279. The number of carbonyl (C=O) groups is 2. The van der Waals surface area contributed by atoms with Crippen molar-refractivity contribution in [3.63, 3.8) is 0 Å². The van der Waals surface area contributed by atoms with Crippen LogP contribution in [0.25, 0.3) is 0 Å². The molecule has 6 N–H and O–H groups in total. The Hall–Kier alpha value is -1.10. The molecule has 0 spiro atoms. The highest BCUT2D eigenvalue weighted by atomic mass is 16.6. The topological polar surface area (TPSA) is 165 Å². The van der Waals surface area contributed by atoms with Crippen molar-refractivity contribution in [3.05, 3.63) is 0 Å². The molecule has 0 radical (unpaired) electrons. The lowest BCUT2D eigenvalue weighted by molar-refractivity contribution is -0.162. The van der Waals surface area contributed by atoms with Gasteiger partial charge in [0.05, 0.1) is 13.2 Å². The van der Waals surface area contributed by atoms with Crippen LogP contribution in [-0.2, 0) is 14.3 Å². The van der Waals surface area contributed by atoms with Gasteiger partial charge in [-0.25, -0.2) is 4.79 Å². The Balaban J connectivity index is 4.21. The maximum absolute atomic E-state index is 11.2. The van der Waals surface area contributed by atoms with E-state index < -0.39 is 56.0 Å². The van der Waals surface area contributed by atoms with Crippen LogP contribution >= 0.6 is 0 Å². The van der Waals surface area contributed by atoms with Gasteiger partial charge >= 0.3 is 5.97 Å². The SMILES string of the molecule is O=C(OCC(=O)[C@H](O)[C@@H](O)[C@H](O)CO)C(O)CO. The summed E-state index contributed by atoms with van der Waals surface area (Å²) in [6.07, 6.45) is -7.50. The number of ether oxygens (including phenoxy) is 1. The predicted octanol–water partition coefficient (Wildman–Crippen LogP) is -4.47. The highest BCUT2D eigenvalue weighted by Gasteiger charge is 2.30. The average molecular weight is 268 g/mol. The second kappa shape index (κ2) is 8.08. The van der Waals surface area contributed by atoms with E-state index in [1.54, 1.807) is 0 Å². The van der Waals surface area contributed by atoms with Crippen molar-refractivity contribution in [2.24, 2.45) is 0 Å². The Morgan fingerprint density at radius 1 is 1.00 bits per heavy atom. The molecule has 0 saturated carbocycles. The summed E-state index contributed by atoms with van der Waals surface area (Å²) in [6, 6.07) is 0. The molecule has 9 heteroatoms. The van der Waals surface area contributed by atoms with Gasteiger partial charge in [0.1, 0.15) is 18.3 Å². The van der Waals surface area contributed by atoms with Gasteiger partial charge in [-0.15, -0.1) is 0 Å². The first kappa shape index (κ1) is 16.9.